The van der Waals surface area contributed by atoms with Crippen LogP contribution in [-0.2, 0) is 4.79 Å². The first-order valence-corrected chi connectivity index (χ1v) is 10.9. The zero-order valence-electron chi connectivity index (χ0n) is 19.0. The number of rotatable bonds is 7. The molecule has 1 aromatic heterocycles. The average molecular weight is 442 g/mol. The number of piperazine rings is 1. The number of nitrogens with one attached hydrogen (secondary N) is 1. The molecule has 1 N–H and O–H groups in total. The van der Waals surface area contributed by atoms with Gasteiger partial charge in [-0.05, 0) is 49.2 Å². The van der Waals surface area contributed by atoms with Crippen LogP contribution < -0.4 is 10.1 Å². The Morgan fingerprint density at radius 1 is 1.19 bits per heavy atom. The highest BCUT2D eigenvalue weighted by atomic mass is 16.5. The fraction of sp³-hybridized carbons (Fsp3) is 0.458. The number of hydrogen-bond donors (Lipinski definition) is 1. The molecule has 2 heterocycles. The zero-order valence-corrected chi connectivity index (χ0v) is 19.0. The van der Waals surface area contributed by atoms with Crippen LogP contribution >= 0.6 is 0 Å². The molecule has 0 aliphatic carbocycles. The van der Waals surface area contributed by atoms with Gasteiger partial charge in [-0.25, -0.2) is 0 Å². The monoisotopic (exact) mass is 441 g/mol. The van der Waals surface area contributed by atoms with E-state index in [4.69, 9.17) is 9.15 Å². The molecule has 3 atom stereocenters. The molecular weight excluding hydrogens is 410 g/mol. The van der Waals surface area contributed by atoms with Crippen molar-refractivity contribution in [1.29, 1.82) is 0 Å². The van der Waals surface area contributed by atoms with Crippen LogP contribution in [-0.4, -0.2) is 66.3 Å². The molecule has 8 nitrogen and oxygen atoms in total. The molecule has 3 rings (SSSR count). The van der Waals surface area contributed by atoms with E-state index in [1.807, 2.05) is 20.8 Å². The molecule has 1 aliphatic rings. The average Bonchev–Trinajstić information content (AvgIpc) is 3.36. The molecule has 0 saturated carbocycles. The van der Waals surface area contributed by atoms with Gasteiger partial charge in [0, 0.05) is 31.2 Å². The number of methoxy groups -OCH3 is 1. The number of furan rings is 1. The Hall–Kier alpha value is -3.29. The number of carbonyl (C=O) groups is 3. The fourth-order valence-electron chi connectivity index (χ4n) is 3.85. The van der Waals surface area contributed by atoms with Crippen LogP contribution in [0, 0.1) is 5.92 Å². The summed E-state index contributed by atoms with van der Waals surface area (Å²) in [6.45, 7) is 7.07. The first-order valence-electron chi connectivity index (χ1n) is 10.9. The molecule has 1 aliphatic heterocycles. The first-order chi connectivity index (χ1) is 15.3. The Morgan fingerprint density at radius 3 is 2.47 bits per heavy atom. The molecule has 32 heavy (non-hydrogen) atoms. The molecule has 0 spiro atoms. The van der Waals surface area contributed by atoms with Crippen LogP contribution in [0.25, 0.3) is 0 Å². The highest BCUT2D eigenvalue weighted by Gasteiger charge is 2.36. The van der Waals surface area contributed by atoms with Gasteiger partial charge in [-0.1, -0.05) is 20.3 Å². The van der Waals surface area contributed by atoms with Gasteiger partial charge in [0.2, 0.25) is 5.91 Å². The molecule has 1 aromatic carbocycles. The molecule has 1 saturated heterocycles. The van der Waals surface area contributed by atoms with Gasteiger partial charge in [-0.2, -0.15) is 0 Å². The van der Waals surface area contributed by atoms with Crippen molar-refractivity contribution in [2.24, 2.45) is 5.92 Å². The predicted octanol–water partition coefficient (Wildman–Crippen LogP) is 2.81. The maximum absolute atomic E-state index is 13.4. The number of hydrogen-bond acceptors (Lipinski definition) is 5. The van der Waals surface area contributed by atoms with Gasteiger partial charge in [0.1, 0.15) is 11.8 Å². The van der Waals surface area contributed by atoms with Crippen LogP contribution in [0.2, 0.25) is 0 Å². The molecule has 0 radical (unpaired) electrons. The summed E-state index contributed by atoms with van der Waals surface area (Å²) in [6.07, 6.45) is 2.21. The van der Waals surface area contributed by atoms with E-state index < -0.39 is 6.04 Å². The quantitative estimate of drug-likeness (QED) is 0.713. The zero-order chi connectivity index (χ0) is 23.3. The lowest BCUT2D eigenvalue weighted by atomic mass is 9.96. The van der Waals surface area contributed by atoms with Gasteiger partial charge < -0.3 is 24.3 Å². The topological polar surface area (TPSA) is 92.1 Å². The van der Waals surface area contributed by atoms with Crippen molar-refractivity contribution >= 4 is 17.7 Å². The SMILES string of the molecule is CCC(C)C(NC(=O)c1ccc(OC)cc1)C(=O)N1CCN(C(=O)c2ccco2)C(C)C1. The summed E-state index contributed by atoms with van der Waals surface area (Å²) in [5.41, 5.74) is 0.467. The lowest BCUT2D eigenvalue weighted by molar-refractivity contribution is -0.137. The predicted molar refractivity (Wildman–Crippen MR) is 119 cm³/mol. The van der Waals surface area contributed by atoms with E-state index >= 15 is 0 Å². The normalized spacial score (nSPS) is 18.1. The third-order valence-corrected chi connectivity index (χ3v) is 6.05. The smallest absolute Gasteiger partial charge is 0.289 e. The summed E-state index contributed by atoms with van der Waals surface area (Å²) in [4.78, 5) is 42.3. The molecule has 172 valence electrons. The van der Waals surface area contributed by atoms with E-state index in [0.717, 1.165) is 6.42 Å². The minimum atomic E-state index is -0.644. The summed E-state index contributed by atoms with van der Waals surface area (Å²) >= 11 is 0. The molecular formula is C24H31N3O5. The van der Waals surface area contributed by atoms with Crippen molar-refractivity contribution in [2.45, 2.75) is 39.3 Å². The van der Waals surface area contributed by atoms with Crippen molar-refractivity contribution in [1.82, 2.24) is 15.1 Å². The van der Waals surface area contributed by atoms with E-state index in [0.29, 0.717) is 36.7 Å². The van der Waals surface area contributed by atoms with Crippen molar-refractivity contribution in [2.75, 3.05) is 26.7 Å². The van der Waals surface area contributed by atoms with Crippen molar-refractivity contribution in [3.8, 4) is 5.75 Å². The van der Waals surface area contributed by atoms with Gasteiger partial charge in [0.05, 0.1) is 13.4 Å². The maximum Gasteiger partial charge on any atom is 0.289 e. The third-order valence-electron chi connectivity index (χ3n) is 6.05. The molecule has 8 heteroatoms. The van der Waals surface area contributed by atoms with E-state index in [9.17, 15) is 14.4 Å². The van der Waals surface area contributed by atoms with Crippen LogP contribution in [0.4, 0.5) is 0 Å². The Morgan fingerprint density at radius 2 is 1.91 bits per heavy atom. The highest BCUT2D eigenvalue weighted by Crippen LogP contribution is 2.19. The van der Waals surface area contributed by atoms with Gasteiger partial charge in [0.25, 0.3) is 11.8 Å². The fourth-order valence-corrected chi connectivity index (χ4v) is 3.85. The van der Waals surface area contributed by atoms with Crippen molar-refractivity contribution < 1.29 is 23.5 Å². The van der Waals surface area contributed by atoms with Crippen LogP contribution in [0.5, 0.6) is 5.75 Å². The number of nitrogens with zero attached hydrogens (tertiary/aromatic N) is 2. The Balaban J connectivity index is 1.68. The second kappa shape index (κ2) is 10.3. The summed E-state index contributed by atoms with van der Waals surface area (Å²) in [6, 6.07) is 9.29. The largest absolute Gasteiger partial charge is 0.497 e. The van der Waals surface area contributed by atoms with Crippen LogP contribution in [0.15, 0.2) is 47.1 Å². The second-order valence-electron chi connectivity index (χ2n) is 8.17. The number of carbonyl (C=O) groups excluding carboxylic acids is 3. The molecule has 3 unspecified atom stereocenters. The second-order valence-corrected chi connectivity index (χ2v) is 8.17. The molecule has 3 amide bonds. The van der Waals surface area contributed by atoms with E-state index in [-0.39, 0.29) is 29.7 Å². The Bertz CT molecular complexity index is 926. The standard InChI is InChI=1S/C24H31N3O5/c1-5-16(2)21(25-22(28)18-8-10-19(31-4)11-9-18)24(30)26-12-13-27(17(3)15-26)23(29)20-7-6-14-32-20/h6-11,14,16-17,21H,5,12-13,15H2,1-4H3,(H,25,28). The third kappa shape index (κ3) is 5.12. The van der Waals surface area contributed by atoms with E-state index in [1.54, 1.807) is 53.3 Å². The number of amides is 3. The summed E-state index contributed by atoms with van der Waals surface area (Å²) < 4.78 is 10.4. The number of benzene rings is 1. The summed E-state index contributed by atoms with van der Waals surface area (Å²) in [5.74, 6) is 0.306. The Kier molecular flexibility index (Phi) is 7.56. The Labute approximate surface area is 188 Å². The van der Waals surface area contributed by atoms with Crippen LogP contribution in [0.3, 0.4) is 0 Å². The molecule has 2 aromatic rings. The lowest BCUT2D eigenvalue weighted by Crippen LogP contribution is -2.60. The minimum Gasteiger partial charge on any atom is -0.497 e. The summed E-state index contributed by atoms with van der Waals surface area (Å²) in [5, 5.41) is 2.92. The van der Waals surface area contributed by atoms with E-state index in [1.165, 1.54) is 6.26 Å². The van der Waals surface area contributed by atoms with Gasteiger partial charge in [-0.15, -0.1) is 0 Å². The number of ether oxygens (including phenoxy) is 1. The van der Waals surface area contributed by atoms with Gasteiger partial charge >= 0.3 is 0 Å². The lowest BCUT2D eigenvalue weighted by Gasteiger charge is -2.41. The van der Waals surface area contributed by atoms with Gasteiger partial charge in [0.15, 0.2) is 5.76 Å². The van der Waals surface area contributed by atoms with Gasteiger partial charge in [-0.3, -0.25) is 14.4 Å². The maximum atomic E-state index is 13.4. The molecule has 1 fully saturated rings. The van der Waals surface area contributed by atoms with Crippen LogP contribution in [0.1, 0.15) is 48.1 Å². The summed E-state index contributed by atoms with van der Waals surface area (Å²) in [7, 11) is 1.57. The minimum absolute atomic E-state index is 0.0391. The van der Waals surface area contributed by atoms with E-state index in [2.05, 4.69) is 5.32 Å². The molecule has 0 bridgehead atoms. The first kappa shape index (κ1) is 23.4. The highest BCUT2D eigenvalue weighted by molar-refractivity contribution is 5.98. The van der Waals surface area contributed by atoms with Crippen molar-refractivity contribution in [3.05, 3.63) is 54.0 Å². The van der Waals surface area contributed by atoms with Crippen molar-refractivity contribution in [3.63, 3.8) is 0 Å².